The number of fused-ring (bicyclic) bond motifs is 1. The third-order valence-electron chi connectivity index (χ3n) is 12.1. The van der Waals surface area contributed by atoms with Gasteiger partial charge in [0.15, 0.2) is 0 Å². The number of unbranched alkanes of at least 4 members (excludes halogenated alkanes) is 7. The maximum Gasteiger partial charge on any atom is 0.210 e. The lowest BCUT2D eigenvalue weighted by Crippen LogP contribution is -2.51. The van der Waals surface area contributed by atoms with E-state index in [2.05, 4.69) is 38.6 Å². The van der Waals surface area contributed by atoms with Crippen molar-refractivity contribution >= 4 is 36.7 Å². The Balaban J connectivity index is 1.14. The zero-order chi connectivity index (χ0) is 38.1. The van der Waals surface area contributed by atoms with Gasteiger partial charge in [0.25, 0.3) is 0 Å². The fourth-order valence-corrected chi connectivity index (χ4v) is 11.0. The van der Waals surface area contributed by atoms with Gasteiger partial charge >= 0.3 is 0 Å². The molecule has 1 N–H and O–H groups in total. The van der Waals surface area contributed by atoms with Gasteiger partial charge in [-0.05, 0) is 127 Å². The van der Waals surface area contributed by atoms with Gasteiger partial charge in [-0.2, -0.15) is 0 Å². The molecule has 0 aliphatic carbocycles. The van der Waals surface area contributed by atoms with Gasteiger partial charge in [-0.1, -0.05) is 51.9 Å². The van der Waals surface area contributed by atoms with Crippen molar-refractivity contribution in [2.75, 3.05) is 83.4 Å². The first-order valence-corrected chi connectivity index (χ1v) is 24.7. The van der Waals surface area contributed by atoms with Gasteiger partial charge in [-0.25, -0.2) is 8.42 Å². The number of aromatic nitrogens is 1. The van der Waals surface area contributed by atoms with Crippen LogP contribution in [0.2, 0.25) is 0 Å². The topological polar surface area (TPSA) is 89.4 Å². The number of ether oxygens (including phenoxy) is 1. The molecule has 11 heteroatoms. The number of anilines is 1. The molecule has 0 spiro atoms. The molecule has 300 valence electrons. The molecule has 0 bridgehead atoms. The van der Waals surface area contributed by atoms with E-state index in [1.165, 1.54) is 77.4 Å². The van der Waals surface area contributed by atoms with Crippen LogP contribution in [0.1, 0.15) is 90.4 Å². The van der Waals surface area contributed by atoms with Crippen LogP contribution in [0.3, 0.4) is 0 Å². The van der Waals surface area contributed by atoms with Crippen LogP contribution < -0.4 is 9.64 Å². The molecular weight excluding hydrogens is 715 g/mol. The van der Waals surface area contributed by atoms with E-state index >= 15 is 0 Å². The summed E-state index contributed by atoms with van der Waals surface area (Å²) in [6.07, 6.45) is 20.9. The number of rotatable bonds is 16. The number of benzene rings is 2. The third-order valence-corrected chi connectivity index (χ3v) is 15.3. The quantitative estimate of drug-likeness (QED) is 0.144. The maximum absolute atomic E-state index is 14.5. The summed E-state index contributed by atoms with van der Waals surface area (Å²) in [6, 6.07) is 13.9. The Morgan fingerprint density at radius 3 is 2.02 bits per heavy atom. The standard InChI is InChI=1S/C43H67N5O4S2/c1-5-6-7-8-9-10-11-12-32-52-37-14-16-38(17-15-37)54(50,51)42-34-44-41-19-18-39(53(3,4)49)33-40(41)43(42)48-28-22-36(23-29-48)47-26-20-35(21-27-47)46-25-13-24-45(2)30-31-46/h14-19,33-36,49H,5-13,20-32H2,1-4H3. The van der Waals surface area contributed by atoms with Crippen molar-refractivity contribution in [2.24, 2.45) is 0 Å². The molecule has 2 aromatic carbocycles. The molecule has 4 heterocycles. The van der Waals surface area contributed by atoms with Gasteiger partial charge in [-0.15, -0.1) is 10.3 Å². The van der Waals surface area contributed by atoms with Crippen molar-refractivity contribution in [3.05, 3.63) is 48.7 Å². The minimum atomic E-state index is -3.91. The van der Waals surface area contributed by atoms with Crippen molar-refractivity contribution in [3.8, 4) is 5.75 Å². The Labute approximate surface area is 327 Å². The Morgan fingerprint density at radius 1 is 0.741 bits per heavy atom. The molecule has 0 radical (unpaired) electrons. The summed E-state index contributed by atoms with van der Waals surface area (Å²) in [6.45, 7) is 11.5. The second-order valence-electron chi connectivity index (χ2n) is 16.4. The summed E-state index contributed by atoms with van der Waals surface area (Å²) >= 11 is 0. The van der Waals surface area contributed by atoms with E-state index in [1.54, 1.807) is 30.5 Å². The first-order chi connectivity index (χ1) is 26.0. The van der Waals surface area contributed by atoms with Crippen molar-refractivity contribution in [2.45, 2.75) is 117 Å². The van der Waals surface area contributed by atoms with Gasteiger partial charge in [-0.3, -0.25) is 9.88 Å². The molecule has 1 aromatic heterocycles. The van der Waals surface area contributed by atoms with Crippen molar-refractivity contribution in [1.29, 1.82) is 0 Å². The smallest absolute Gasteiger partial charge is 0.210 e. The average molecular weight is 782 g/mol. The molecule has 54 heavy (non-hydrogen) atoms. The normalized spacial score (nSPS) is 19.7. The molecule has 3 aliphatic heterocycles. The predicted octanol–water partition coefficient (Wildman–Crippen LogP) is 8.55. The molecule has 0 unspecified atom stereocenters. The fourth-order valence-electron chi connectivity index (χ4n) is 8.74. The summed E-state index contributed by atoms with van der Waals surface area (Å²) < 4.78 is 46.1. The first-order valence-electron chi connectivity index (χ1n) is 20.8. The van der Waals surface area contributed by atoms with Gasteiger partial charge in [0.1, 0.15) is 10.6 Å². The second-order valence-corrected chi connectivity index (χ2v) is 21.3. The molecular formula is C43H67N5O4S2. The molecule has 3 fully saturated rings. The fraction of sp³-hybridized carbons (Fsp3) is 0.651. The van der Waals surface area contributed by atoms with Crippen LogP contribution in [-0.4, -0.2) is 123 Å². The van der Waals surface area contributed by atoms with Crippen LogP contribution in [0.5, 0.6) is 5.75 Å². The number of sulfone groups is 1. The molecule has 6 rings (SSSR count). The van der Waals surface area contributed by atoms with Crippen LogP contribution in [0, 0.1) is 0 Å². The number of hydrogen-bond donors (Lipinski definition) is 1. The zero-order valence-corrected chi connectivity index (χ0v) is 35.2. The molecule has 0 saturated carbocycles. The third kappa shape index (κ3) is 10.5. The van der Waals surface area contributed by atoms with E-state index in [4.69, 9.17) is 4.74 Å². The highest BCUT2D eigenvalue weighted by Crippen LogP contribution is 2.47. The summed E-state index contributed by atoms with van der Waals surface area (Å²) in [4.78, 5) is 16.1. The first kappa shape index (κ1) is 41.2. The molecule has 3 aliphatic rings. The van der Waals surface area contributed by atoms with E-state index in [9.17, 15) is 13.0 Å². The number of hydrogen-bond acceptors (Lipinski definition) is 9. The van der Waals surface area contributed by atoms with Crippen LogP contribution >= 0.6 is 10.3 Å². The predicted molar refractivity (Wildman–Crippen MR) is 226 cm³/mol. The number of likely N-dealkylation sites (tertiary alicyclic amines) is 1. The minimum Gasteiger partial charge on any atom is -0.494 e. The summed E-state index contributed by atoms with van der Waals surface area (Å²) in [5.74, 6) is 0.691. The lowest BCUT2D eigenvalue weighted by Gasteiger charge is -2.44. The summed E-state index contributed by atoms with van der Waals surface area (Å²) in [5.41, 5.74) is 1.45. The Bertz CT molecular complexity index is 1730. The van der Waals surface area contributed by atoms with E-state index in [0.717, 1.165) is 74.2 Å². The second kappa shape index (κ2) is 19.2. The lowest BCUT2D eigenvalue weighted by molar-refractivity contribution is 0.0769. The Morgan fingerprint density at radius 2 is 1.35 bits per heavy atom. The highest BCUT2D eigenvalue weighted by molar-refractivity contribution is 8.28. The number of nitrogens with zero attached hydrogens (tertiary/aromatic N) is 5. The van der Waals surface area contributed by atoms with Crippen molar-refractivity contribution in [3.63, 3.8) is 0 Å². The highest BCUT2D eigenvalue weighted by atomic mass is 32.3. The molecule has 3 aromatic rings. The number of likely N-dealkylation sites (N-methyl/N-ethyl adjacent to an activating group) is 1. The van der Waals surface area contributed by atoms with Crippen molar-refractivity contribution in [1.82, 2.24) is 19.7 Å². The molecule has 9 nitrogen and oxygen atoms in total. The van der Waals surface area contributed by atoms with Gasteiger partial charge in [0.2, 0.25) is 9.84 Å². The van der Waals surface area contributed by atoms with E-state index < -0.39 is 20.1 Å². The molecule has 3 saturated heterocycles. The monoisotopic (exact) mass is 781 g/mol. The lowest BCUT2D eigenvalue weighted by atomic mass is 9.96. The summed E-state index contributed by atoms with van der Waals surface area (Å²) in [7, 11) is -3.70. The van der Waals surface area contributed by atoms with Gasteiger partial charge in [0, 0.05) is 54.7 Å². The Kier molecular flexibility index (Phi) is 14.6. The largest absolute Gasteiger partial charge is 0.494 e. The van der Waals surface area contributed by atoms with E-state index in [0.29, 0.717) is 30.1 Å². The van der Waals surface area contributed by atoms with Gasteiger partial charge in [0.05, 0.1) is 22.7 Å². The zero-order valence-electron chi connectivity index (χ0n) is 33.6. The van der Waals surface area contributed by atoms with Crippen LogP contribution in [0.15, 0.2) is 63.3 Å². The van der Waals surface area contributed by atoms with E-state index in [-0.39, 0.29) is 9.79 Å². The molecule has 0 amide bonds. The number of piperidine rings is 2. The van der Waals surface area contributed by atoms with Crippen molar-refractivity contribution < 1.29 is 17.7 Å². The SMILES string of the molecule is CCCCCCCCCCOc1ccc(S(=O)(=O)c2cnc3ccc(S(C)(C)O)cc3c2N2CCC(N3CCC(N4CCCN(C)CC4)CC3)CC2)cc1. The average Bonchev–Trinajstić information content (AvgIpc) is 3.40. The van der Waals surface area contributed by atoms with Crippen LogP contribution in [0.25, 0.3) is 10.9 Å². The maximum atomic E-state index is 14.5. The van der Waals surface area contributed by atoms with E-state index in [1.807, 2.05) is 30.7 Å². The minimum absolute atomic E-state index is 0.230. The Hall–Kier alpha value is -2.41. The molecule has 0 atom stereocenters. The highest BCUT2D eigenvalue weighted by Gasteiger charge is 2.34. The van der Waals surface area contributed by atoms with Crippen LogP contribution in [-0.2, 0) is 9.84 Å². The van der Waals surface area contributed by atoms with Gasteiger partial charge < -0.3 is 24.0 Å². The number of pyridine rings is 1. The summed E-state index contributed by atoms with van der Waals surface area (Å²) in [5, 5.41) is 0.788. The van der Waals surface area contributed by atoms with Crippen LogP contribution in [0.4, 0.5) is 5.69 Å².